The quantitative estimate of drug-likeness (QED) is 0.281. The largest absolute Gasteiger partial charge is 0.444 e. The van der Waals surface area contributed by atoms with Crippen molar-refractivity contribution in [1.29, 1.82) is 0 Å². The monoisotopic (exact) mass is 673 g/mol. The zero-order chi connectivity index (χ0) is 34.5. The second-order valence-electron chi connectivity index (χ2n) is 14.2. The molecule has 2 N–H and O–H groups in total. The molecule has 2 amide bonds. The van der Waals surface area contributed by atoms with Gasteiger partial charge in [-0.1, -0.05) is 36.8 Å². The molecule has 11 heteroatoms. The van der Waals surface area contributed by atoms with Crippen molar-refractivity contribution in [1.82, 2.24) is 30.1 Å². The van der Waals surface area contributed by atoms with Crippen molar-refractivity contribution in [2.45, 2.75) is 90.4 Å². The maximum atomic E-state index is 13.4. The summed E-state index contributed by atoms with van der Waals surface area (Å²) in [6, 6.07) is 10.2. The van der Waals surface area contributed by atoms with Gasteiger partial charge in [0.1, 0.15) is 17.2 Å². The summed E-state index contributed by atoms with van der Waals surface area (Å²) in [7, 11) is 0. The standard InChI is InChI=1S/C37H48ClN7O3/c1-7-8-30-25-44(33-31(38)23-28(24-41-33)32-39-17-18-40-32)21-22-45(30)29-14-19-43(20-15-29)34(46)27-11-9-26(10-12-27)13-16-37(5,6)42-35(47)48-36(2,3)4/h9-12,17-18,23-24,29-30H,7-8,14-15,19-22,25H2,1-6H3,(H,39,40)(H,42,47)/t30-/m0/s1. The molecule has 1 atom stereocenters. The van der Waals surface area contributed by atoms with Gasteiger partial charge in [0.05, 0.1) is 10.6 Å². The number of ether oxygens (including phenoxy) is 1. The van der Waals surface area contributed by atoms with Gasteiger partial charge < -0.3 is 24.8 Å². The third kappa shape index (κ3) is 9.09. The number of benzene rings is 1. The number of hydrogen-bond acceptors (Lipinski definition) is 7. The second-order valence-corrected chi connectivity index (χ2v) is 14.6. The molecule has 0 spiro atoms. The predicted octanol–water partition coefficient (Wildman–Crippen LogP) is 6.38. The van der Waals surface area contributed by atoms with Crippen molar-refractivity contribution in [3.05, 3.63) is 65.1 Å². The third-order valence-electron chi connectivity index (χ3n) is 8.73. The summed E-state index contributed by atoms with van der Waals surface area (Å²) in [6.45, 7) is 15.5. The number of pyridine rings is 1. The number of carbonyl (C=O) groups excluding carboxylic acids is 2. The van der Waals surface area contributed by atoms with Gasteiger partial charge in [0.2, 0.25) is 0 Å². The molecule has 0 bridgehead atoms. The summed E-state index contributed by atoms with van der Waals surface area (Å²) in [5.41, 5.74) is 0.944. The summed E-state index contributed by atoms with van der Waals surface area (Å²) in [5.74, 6) is 7.84. The van der Waals surface area contributed by atoms with Crippen molar-refractivity contribution in [2.75, 3.05) is 37.6 Å². The lowest BCUT2D eigenvalue weighted by molar-refractivity contribution is 0.0477. The lowest BCUT2D eigenvalue weighted by Crippen LogP contribution is -2.59. The van der Waals surface area contributed by atoms with Crippen LogP contribution in [-0.2, 0) is 4.74 Å². The molecule has 2 aliphatic heterocycles. The average molecular weight is 674 g/mol. The molecule has 3 aromatic rings. The van der Waals surface area contributed by atoms with Crippen molar-refractivity contribution in [3.8, 4) is 23.2 Å². The minimum absolute atomic E-state index is 0.0496. The number of alkyl carbamates (subject to hydrolysis) is 1. The number of likely N-dealkylation sites (tertiary alicyclic amines) is 1. The van der Waals surface area contributed by atoms with E-state index in [-0.39, 0.29) is 5.91 Å². The van der Waals surface area contributed by atoms with E-state index < -0.39 is 17.2 Å². The van der Waals surface area contributed by atoms with Gasteiger partial charge in [0, 0.05) is 80.1 Å². The fraction of sp³-hybridized carbons (Fsp3) is 0.514. The Labute approximate surface area is 289 Å². The van der Waals surface area contributed by atoms with E-state index in [9.17, 15) is 9.59 Å². The first-order chi connectivity index (χ1) is 22.8. The highest BCUT2D eigenvalue weighted by atomic mass is 35.5. The summed E-state index contributed by atoms with van der Waals surface area (Å²) in [6.07, 6.45) is 8.94. The van der Waals surface area contributed by atoms with Gasteiger partial charge in [-0.25, -0.2) is 14.8 Å². The molecule has 10 nitrogen and oxygen atoms in total. The molecule has 5 rings (SSSR count). The number of nitrogens with one attached hydrogen (secondary N) is 2. The molecule has 4 heterocycles. The topological polar surface area (TPSA) is 107 Å². The fourth-order valence-electron chi connectivity index (χ4n) is 6.45. The van der Waals surface area contributed by atoms with E-state index in [2.05, 4.69) is 43.8 Å². The van der Waals surface area contributed by atoms with E-state index in [1.54, 1.807) is 12.4 Å². The number of imidazole rings is 1. The Morgan fingerprint density at radius 3 is 2.42 bits per heavy atom. The summed E-state index contributed by atoms with van der Waals surface area (Å²) >= 11 is 6.74. The van der Waals surface area contributed by atoms with Gasteiger partial charge in [-0.15, -0.1) is 0 Å². The van der Waals surface area contributed by atoms with E-state index in [0.717, 1.165) is 81.2 Å². The Morgan fingerprint density at radius 1 is 1.06 bits per heavy atom. The Kier molecular flexibility index (Phi) is 11.0. The highest BCUT2D eigenvalue weighted by Crippen LogP contribution is 2.31. The molecule has 2 saturated heterocycles. The summed E-state index contributed by atoms with van der Waals surface area (Å²) in [4.78, 5) is 44.7. The molecule has 2 aromatic heterocycles. The van der Waals surface area contributed by atoms with Crippen LogP contribution in [0.15, 0.2) is 48.9 Å². The molecule has 0 unspecified atom stereocenters. The predicted molar refractivity (Wildman–Crippen MR) is 190 cm³/mol. The number of halogens is 1. The maximum Gasteiger partial charge on any atom is 0.408 e. The zero-order valence-corrected chi connectivity index (χ0v) is 29.7. The van der Waals surface area contributed by atoms with Crippen LogP contribution in [0.25, 0.3) is 11.4 Å². The molecule has 0 saturated carbocycles. The molecule has 0 aliphatic carbocycles. The normalized spacial score (nSPS) is 17.9. The Morgan fingerprint density at radius 2 is 1.79 bits per heavy atom. The number of carbonyl (C=O) groups is 2. The van der Waals surface area contributed by atoms with E-state index in [4.69, 9.17) is 21.3 Å². The van der Waals surface area contributed by atoms with E-state index in [1.807, 2.05) is 76.0 Å². The van der Waals surface area contributed by atoms with Crippen LogP contribution in [-0.4, -0.2) is 92.7 Å². The molecular weight excluding hydrogens is 626 g/mol. The van der Waals surface area contributed by atoms with Crippen LogP contribution in [0.4, 0.5) is 10.6 Å². The van der Waals surface area contributed by atoms with Gasteiger partial charge in [0.25, 0.3) is 5.91 Å². The number of aromatic nitrogens is 3. The molecule has 1 aromatic carbocycles. The van der Waals surface area contributed by atoms with E-state index in [1.165, 1.54) is 0 Å². The summed E-state index contributed by atoms with van der Waals surface area (Å²) < 4.78 is 5.35. The molecule has 2 aliphatic rings. The number of H-pyrrole nitrogens is 1. The van der Waals surface area contributed by atoms with Gasteiger partial charge in [-0.2, -0.15) is 0 Å². The first-order valence-corrected chi connectivity index (χ1v) is 17.3. The minimum atomic E-state index is -0.778. The van der Waals surface area contributed by atoms with Gasteiger partial charge in [-0.3, -0.25) is 9.69 Å². The summed E-state index contributed by atoms with van der Waals surface area (Å²) in [5, 5.41) is 3.44. The van der Waals surface area contributed by atoms with Crippen molar-refractivity contribution in [3.63, 3.8) is 0 Å². The first-order valence-electron chi connectivity index (χ1n) is 16.9. The van der Waals surface area contributed by atoms with E-state index >= 15 is 0 Å². The number of piperidine rings is 1. The lowest BCUT2D eigenvalue weighted by Gasteiger charge is -2.48. The number of hydrogen-bond donors (Lipinski definition) is 2. The third-order valence-corrected chi connectivity index (χ3v) is 9.01. The van der Waals surface area contributed by atoms with Crippen LogP contribution in [0.5, 0.6) is 0 Å². The second kappa shape index (κ2) is 15.0. The molecule has 256 valence electrons. The van der Waals surface area contributed by atoms with Crippen molar-refractivity contribution in [2.24, 2.45) is 0 Å². The fourth-order valence-corrected chi connectivity index (χ4v) is 6.73. The minimum Gasteiger partial charge on any atom is -0.444 e. The molecular formula is C37H48ClN7O3. The highest BCUT2D eigenvalue weighted by molar-refractivity contribution is 6.33. The smallest absolute Gasteiger partial charge is 0.408 e. The Balaban J connectivity index is 1.14. The molecule has 0 radical (unpaired) electrons. The van der Waals surface area contributed by atoms with Crippen LogP contribution in [0.3, 0.4) is 0 Å². The number of nitrogens with zero attached hydrogens (tertiary/aromatic N) is 5. The number of piperazine rings is 1. The van der Waals surface area contributed by atoms with Crippen LogP contribution >= 0.6 is 11.6 Å². The van der Waals surface area contributed by atoms with Crippen LogP contribution in [0.2, 0.25) is 5.02 Å². The number of amides is 2. The number of aromatic amines is 1. The Hall–Kier alpha value is -4.07. The van der Waals surface area contributed by atoms with Crippen LogP contribution in [0, 0.1) is 11.8 Å². The zero-order valence-electron chi connectivity index (χ0n) is 29.0. The average Bonchev–Trinajstić information content (AvgIpc) is 3.58. The van der Waals surface area contributed by atoms with Crippen molar-refractivity contribution >= 4 is 29.4 Å². The van der Waals surface area contributed by atoms with E-state index in [0.29, 0.717) is 22.7 Å². The van der Waals surface area contributed by atoms with Gasteiger partial charge in [0.15, 0.2) is 0 Å². The maximum absolute atomic E-state index is 13.4. The molecule has 48 heavy (non-hydrogen) atoms. The first kappa shape index (κ1) is 35.2. The van der Waals surface area contributed by atoms with Gasteiger partial charge in [-0.05, 0) is 84.2 Å². The number of rotatable bonds is 7. The van der Waals surface area contributed by atoms with Gasteiger partial charge >= 0.3 is 6.09 Å². The van der Waals surface area contributed by atoms with Crippen molar-refractivity contribution < 1.29 is 14.3 Å². The number of anilines is 1. The van der Waals surface area contributed by atoms with Crippen LogP contribution < -0.4 is 10.2 Å². The SMILES string of the molecule is CCC[C@H]1CN(c2ncc(-c3ncc[nH]3)cc2Cl)CCN1C1CCN(C(=O)c2ccc(C#CC(C)(C)NC(=O)OC(C)(C)C)cc2)CC1. The lowest BCUT2D eigenvalue weighted by atomic mass is 9.96. The molecule has 2 fully saturated rings. The van der Waals surface area contributed by atoms with Crippen LogP contribution in [0.1, 0.15) is 83.1 Å². The highest BCUT2D eigenvalue weighted by Gasteiger charge is 2.35. The Bertz CT molecular complexity index is 1610.